The summed E-state index contributed by atoms with van der Waals surface area (Å²) in [6.45, 7) is 2.40. The molecular formula is C40H58N2O6. The Morgan fingerprint density at radius 2 is 1.02 bits per heavy atom. The Kier molecular flexibility index (Phi) is 8.14. The third-order valence-electron chi connectivity index (χ3n) is 15.7. The zero-order chi connectivity index (χ0) is 32.9. The maximum absolute atomic E-state index is 13.6. The Bertz CT molecular complexity index is 1240. The molecular weight excluding hydrogens is 604 g/mol. The van der Waals surface area contributed by atoms with Crippen LogP contribution in [-0.4, -0.2) is 70.9 Å². The summed E-state index contributed by atoms with van der Waals surface area (Å²) < 4.78 is 14.1. The lowest BCUT2D eigenvalue weighted by Gasteiger charge is -2.62. The fraction of sp³-hybridized carbons (Fsp3) is 0.900. The van der Waals surface area contributed by atoms with Crippen LogP contribution in [0.4, 0.5) is 0 Å². The lowest BCUT2D eigenvalue weighted by molar-refractivity contribution is -0.182. The summed E-state index contributed by atoms with van der Waals surface area (Å²) in [7, 11) is 1.52. The Hall–Kier alpha value is -1.80. The van der Waals surface area contributed by atoms with Crippen LogP contribution in [0.5, 0.6) is 0 Å². The van der Waals surface area contributed by atoms with Crippen molar-refractivity contribution in [3.63, 3.8) is 0 Å². The van der Waals surface area contributed by atoms with E-state index in [4.69, 9.17) is 9.47 Å². The van der Waals surface area contributed by atoms with Crippen LogP contribution >= 0.6 is 0 Å². The van der Waals surface area contributed by atoms with Crippen LogP contribution in [0.3, 0.4) is 0 Å². The van der Waals surface area contributed by atoms with E-state index in [2.05, 4.69) is 6.92 Å². The van der Waals surface area contributed by atoms with Crippen LogP contribution in [-0.2, 0) is 28.7 Å². The van der Waals surface area contributed by atoms with Crippen molar-refractivity contribution < 1.29 is 28.7 Å². The van der Waals surface area contributed by atoms with E-state index in [0.29, 0.717) is 36.4 Å². The fourth-order valence-electron chi connectivity index (χ4n) is 13.7. The van der Waals surface area contributed by atoms with E-state index in [9.17, 15) is 19.2 Å². The van der Waals surface area contributed by atoms with E-state index in [0.717, 1.165) is 68.6 Å². The van der Waals surface area contributed by atoms with Gasteiger partial charge in [0.25, 0.3) is 0 Å². The molecule has 48 heavy (non-hydrogen) atoms. The molecule has 4 amide bonds. The van der Waals surface area contributed by atoms with E-state index in [1.807, 2.05) is 0 Å². The maximum Gasteiger partial charge on any atom is 0.233 e. The number of fused-ring (bicyclic) bond motifs is 2. The van der Waals surface area contributed by atoms with Crippen molar-refractivity contribution in [2.45, 2.75) is 159 Å². The van der Waals surface area contributed by atoms with Gasteiger partial charge in [0.1, 0.15) is 0 Å². The molecule has 264 valence electrons. The topological polar surface area (TPSA) is 93.2 Å². The molecule has 8 heteroatoms. The number of carbonyl (C=O) groups is 4. The Morgan fingerprint density at radius 3 is 1.58 bits per heavy atom. The highest BCUT2D eigenvalue weighted by molar-refractivity contribution is 6.09. The fourth-order valence-corrected chi connectivity index (χ4v) is 13.7. The van der Waals surface area contributed by atoms with Gasteiger partial charge in [-0.05, 0) is 157 Å². The number of amides is 4. The predicted molar refractivity (Wildman–Crippen MR) is 178 cm³/mol. The number of hydrogen-bond acceptors (Lipinski definition) is 6. The summed E-state index contributed by atoms with van der Waals surface area (Å²) in [5.74, 6) is 1.88. The Balaban J connectivity index is 0.837. The number of nitrogens with zero attached hydrogens (tertiary/aromatic N) is 2. The Morgan fingerprint density at radius 1 is 0.542 bits per heavy atom. The Labute approximate surface area is 286 Å². The van der Waals surface area contributed by atoms with E-state index in [1.54, 1.807) is 4.90 Å². The van der Waals surface area contributed by atoms with Gasteiger partial charge in [-0.25, -0.2) is 0 Å². The average Bonchev–Trinajstić information content (AvgIpc) is 3.44. The quantitative estimate of drug-likeness (QED) is 0.311. The second-order valence-electron chi connectivity index (χ2n) is 18.6. The maximum atomic E-state index is 13.6. The second kappa shape index (κ2) is 12.2. The van der Waals surface area contributed by atoms with Crippen molar-refractivity contribution in [3.8, 4) is 0 Å². The molecule has 10 aliphatic rings. The summed E-state index contributed by atoms with van der Waals surface area (Å²) in [6, 6.07) is -0.0912. The van der Waals surface area contributed by atoms with E-state index >= 15 is 0 Å². The number of imide groups is 2. The van der Waals surface area contributed by atoms with Gasteiger partial charge in [0, 0.05) is 13.1 Å². The first-order valence-electron chi connectivity index (χ1n) is 20.1. The van der Waals surface area contributed by atoms with Crippen LogP contribution in [0, 0.1) is 58.7 Å². The summed E-state index contributed by atoms with van der Waals surface area (Å²) in [6.07, 6.45) is 22.4. The highest BCUT2D eigenvalue weighted by Gasteiger charge is 2.60. The van der Waals surface area contributed by atoms with Crippen molar-refractivity contribution >= 4 is 23.6 Å². The lowest BCUT2D eigenvalue weighted by atomic mass is 9.45. The smallest absolute Gasteiger partial charge is 0.233 e. The SMILES string of the molecule is CC1CCC(OC2CCC(OC3CCC(N4C(=O)C5CC6C(=O)N(C)C(=O)C6CC5C4=O)CC3)CC2C23CC4CC(CC(C4)C2)C3)CC1. The molecule has 7 atom stereocenters. The minimum absolute atomic E-state index is 0.0912. The van der Waals surface area contributed by atoms with E-state index < -0.39 is 23.7 Å². The molecule has 7 unspecified atom stereocenters. The number of rotatable bonds is 6. The molecule has 2 heterocycles. The number of ether oxygens (including phenoxy) is 2. The largest absolute Gasteiger partial charge is 0.375 e. The van der Waals surface area contributed by atoms with Crippen molar-refractivity contribution in [2.24, 2.45) is 58.7 Å². The van der Waals surface area contributed by atoms with Crippen LogP contribution in [0.25, 0.3) is 0 Å². The molecule has 0 radical (unpaired) electrons. The summed E-state index contributed by atoms with van der Waals surface area (Å²) in [4.78, 5) is 55.4. The van der Waals surface area contributed by atoms with Gasteiger partial charge in [-0.15, -0.1) is 0 Å². The van der Waals surface area contributed by atoms with Gasteiger partial charge in [0.05, 0.1) is 48.1 Å². The molecule has 0 N–H and O–H groups in total. The van der Waals surface area contributed by atoms with Gasteiger partial charge < -0.3 is 9.47 Å². The van der Waals surface area contributed by atoms with Crippen LogP contribution in [0.15, 0.2) is 0 Å². The normalized spacial score (nSPS) is 50.3. The van der Waals surface area contributed by atoms with Gasteiger partial charge in [0.15, 0.2) is 0 Å². The second-order valence-corrected chi connectivity index (χ2v) is 18.6. The lowest BCUT2D eigenvalue weighted by Crippen LogP contribution is -2.55. The molecule has 2 saturated heterocycles. The third kappa shape index (κ3) is 5.35. The average molecular weight is 663 g/mol. The van der Waals surface area contributed by atoms with Crippen molar-refractivity contribution in [1.82, 2.24) is 9.80 Å². The number of hydrogen-bond donors (Lipinski definition) is 0. The zero-order valence-electron chi connectivity index (χ0n) is 29.4. The minimum Gasteiger partial charge on any atom is -0.375 e. The van der Waals surface area contributed by atoms with E-state index in [1.165, 1.54) is 76.2 Å². The summed E-state index contributed by atoms with van der Waals surface area (Å²) in [5.41, 5.74) is 0.456. The van der Waals surface area contributed by atoms with Crippen molar-refractivity contribution in [1.29, 1.82) is 0 Å². The minimum atomic E-state index is -0.452. The molecule has 2 aliphatic heterocycles. The van der Waals surface area contributed by atoms with Crippen LogP contribution < -0.4 is 0 Å². The third-order valence-corrected chi connectivity index (χ3v) is 15.7. The van der Waals surface area contributed by atoms with Crippen molar-refractivity contribution in [3.05, 3.63) is 0 Å². The zero-order valence-corrected chi connectivity index (χ0v) is 29.4. The van der Waals surface area contributed by atoms with Gasteiger partial charge in [-0.2, -0.15) is 0 Å². The number of likely N-dealkylation sites (tertiary alicyclic amines) is 2. The predicted octanol–water partition coefficient (Wildman–Crippen LogP) is 6.29. The van der Waals surface area contributed by atoms with Gasteiger partial charge in [-0.1, -0.05) is 6.92 Å². The monoisotopic (exact) mass is 662 g/mol. The molecule has 0 spiro atoms. The molecule has 0 aromatic rings. The van der Waals surface area contributed by atoms with Gasteiger partial charge in [0.2, 0.25) is 23.6 Å². The molecule has 4 bridgehead atoms. The molecule has 8 aliphatic carbocycles. The van der Waals surface area contributed by atoms with Crippen LogP contribution in [0.2, 0.25) is 0 Å². The molecule has 8 saturated carbocycles. The first-order chi connectivity index (χ1) is 23.2. The molecule has 0 aromatic carbocycles. The highest BCUT2D eigenvalue weighted by atomic mass is 16.5. The first kappa shape index (κ1) is 32.1. The molecule has 10 rings (SSSR count). The van der Waals surface area contributed by atoms with Gasteiger partial charge in [-0.3, -0.25) is 29.0 Å². The van der Waals surface area contributed by atoms with Crippen LogP contribution in [0.1, 0.15) is 129 Å². The molecule has 8 nitrogen and oxygen atoms in total. The van der Waals surface area contributed by atoms with Gasteiger partial charge >= 0.3 is 0 Å². The highest BCUT2D eigenvalue weighted by Crippen LogP contribution is 2.65. The van der Waals surface area contributed by atoms with Crippen molar-refractivity contribution in [2.75, 3.05) is 7.05 Å². The summed E-state index contributed by atoms with van der Waals surface area (Å²) >= 11 is 0. The standard InChI is InChI=1S/C40H58N2O6/c1-22-3-7-28(8-4-22)48-35-12-11-29(16-34(35)40-19-23-13-24(20-40)15-25(14-23)21-40)47-27-9-5-26(6-10-27)42-38(45)32-17-30-31(18-33(32)39(42)46)37(44)41(2)36(30)43/h22-35H,3-21H2,1-2H3. The molecule has 10 fully saturated rings. The molecule has 0 aromatic heterocycles. The van der Waals surface area contributed by atoms with E-state index in [-0.39, 0.29) is 41.9 Å². The summed E-state index contributed by atoms with van der Waals surface area (Å²) in [5, 5.41) is 0. The number of carbonyl (C=O) groups excluding carboxylic acids is 4. The first-order valence-corrected chi connectivity index (χ1v) is 20.1.